The lowest BCUT2D eigenvalue weighted by molar-refractivity contribution is -0.122. The predicted octanol–water partition coefficient (Wildman–Crippen LogP) is 3.39. The summed E-state index contributed by atoms with van der Waals surface area (Å²) in [5.74, 6) is -0.0178. The minimum Gasteiger partial charge on any atom is -0.356 e. The number of benzene rings is 1. The van der Waals surface area contributed by atoms with Crippen molar-refractivity contribution in [3.8, 4) is 0 Å². The highest BCUT2D eigenvalue weighted by Crippen LogP contribution is 2.19. The molecule has 0 heterocycles. The van der Waals surface area contributed by atoms with E-state index in [2.05, 4.69) is 15.3 Å². The first-order valence-electron chi connectivity index (χ1n) is 6.63. The van der Waals surface area contributed by atoms with Gasteiger partial charge in [-0.15, -0.1) is 0 Å². The van der Waals surface area contributed by atoms with Crippen LogP contribution in [0.15, 0.2) is 35.4 Å². The third kappa shape index (κ3) is 5.44. The summed E-state index contributed by atoms with van der Waals surface area (Å²) in [7, 11) is 0. The molecular formula is C14H20N4O. The quantitative estimate of drug-likeness (QED) is 0.330. The van der Waals surface area contributed by atoms with Crippen LogP contribution in [0.25, 0.3) is 10.4 Å². The van der Waals surface area contributed by atoms with Gasteiger partial charge in [0.1, 0.15) is 0 Å². The SMILES string of the molecule is CCC(C(=O)NCCCCN=[N+]=[N-])c1ccccc1. The number of hydrogen-bond acceptors (Lipinski definition) is 2. The van der Waals surface area contributed by atoms with Crippen LogP contribution in [0.3, 0.4) is 0 Å². The van der Waals surface area contributed by atoms with E-state index in [1.807, 2.05) is 37.3 Å². The molecule has 1 N–H and O–H groups in total. The fraction of sp³-hybridized carbons (Fsp3) is 0.500. The summed E-state index contributed by atoms with van der Waals surface area (Å²) >= 11 is 0. The number of unbranched alkanes of at least 4 members (excludes halogenated alkanes) is 1. The molecule has 1 atom stereocenters. The molecule has 0 saturated heterocycles. The van der Waals surface area contributed by atoms with Crippen LogP contribution in [0.2, 0.25) is 0 Å². The predicted molar refractivity (Wildman–Crippen MR) is 75.7 cm³/mol. The zero-order valence-electron chi connectivity index (χ0n) is 11.2. The van der Waals surface area contributed by atoms with Gasteiger partial charge in [0, 0.05) is 18.0 Å². The molecule has 0 bridgehead atoms. The smallest absolute Gasteiger partial charge is 0.227 e. The van der Waals surface area contributed by atoms with Crippen molar-refractivity contribution in [3.05, 3.63) is 46.3 Å². The largest absolute Gasteiger partial charge is 0.356 e. The third-order valence-electron chi connectivity index (χ3n) is 2.97. The molecule has 0 saturated carbocycles. The molecule has 5 heteroatoms. The normalized spacial score (nSPS) is 11.4. The fourth-order valence-corrected chi connectivity index (χ4v) is 1.94. The number of amides is 1. The molecule has 0 spiro atoms. The van der Waals surface area contributed by atoms with E-state index >= 15 is 0 Å². The molecule has 5 nitrogen and oxygen atoms in total. The molecule has 0 aliphatic rings. The van der Waals surface area contributed by atoms with E-state index in [1.54, 1.807) is 0 Å². The highest BCUT2D eigenvalue weighted by molar-refractivity contribution is 5.83. The van der Waals surface area contributed by atoms with E-state index in [9.17, 15) is 4.79 Å². The van der Waals surface area contributed by atoms with E-state index in [0.29, 0.717) is 13.1 Å². The highest BCUT2D eigenvalue weighted by Gasteiger charge is 2.17. The Kier molecular flexibility index (Phi) is 7.13. The van der Waals surface area contributed by atoms with Gasteiger partial charge in [-0.25, -0.2) is 0 Å². The molecule has 0 radical (unpaired) electrons. The molecule has 102 valence electrons. The molecule has 0 fully saturated rings. The maximum Gasteiger partial charge on any atom is 0.227 e. The van der Waals surface area contributed by atoms with Crippen LogP contribution in [0.5, 0.6) is 0 Å². The van der Waals surface area contributed by atoms with Crippen molar-refractivity contribution in [2.45, 2.75) is 32.1 Å². The first-order valence-corrected chi connectivity index (χ1v) is 6.63. The lowest BCUT2D eigenvalue weighted by atomic mass is 9.95. The molecule has 19 heavy (non-hydrogen) atoms. The second kappa shape index (κ2) is 9.00. The van der Waals surface area contributed by atoms with Gasteiger partial charge in [0.05, 0.1) is 5.92 Å². The summed E-state index contributed by atoms with van der Waals surface area (Å²) in [5.41, 5.74) is 9.18. The Morgan fingerprint density at radius 1 is 1.37 bits per heavy atom. The van der Waals surface area contributed by atoms with Crippen LogP contribution in [-0.4, -0.2) is 19.0 Å². The first-order chi connectivity index (χ1) is 9.29. The lowest BCUT2D eigenvalue weighted by Gasteiger charge is -2.15. The lowest BCUT2D eigenvalue weighted by Crippen LogP contribution is -2.30. The molecule has 0 aromatic heterocycles. The fourth-order valence-electron chi connectivity index (χ4n) is 1.94. The average molecular weight is 260 g/mol. The van der Waals surface area contributed by atoms with Crippen LogP contribution in [-0.2, 0) is 4.79 Å². The van der Waals surface area contributed by atoms with Gasteiger partial charge < -0.3 is 5.32 Å². The zero-order chi connectivity index (χ0) is 13.9. The number of nitrogens with one attached hydrogen (secondary N) is 1. The van der Waals surface area contributed by atoms with Crippen molar-refractivity contribution in [2.24, 2.45) is 5.11 Å². The van der Waals surface area contributed by atoms with E-state index in [0.717, 1.165) is 24.8 Å². The van der Waals surface area contributed by atoms with Gasteiger partial charge in [0.25, 0.3) is 0 Å². The van der Waals surface area contributed by atoms with Gasteiger partial charge in [-0.2, -0.15) is 0 Å². The summed E-state index contributed by atoms with van der Waals surface area (Å²) in [5, 5.41) is 6.39. The second-order valence-electron chi connectivity index (χ2n) is 4.32. The summed E-state index contributed by atoms with van der Waals surface area (Å²) in [6.07, 6.45) is 2.41. The number of hydrogen-bond donors (Lipinski definition) is 1. The van der Waals surface area contributed by atoms with Gasteiger partial charge >= 0.3 is 0 Å². The molecule has 0 aliphatic carbocycles. The van der Waals surface area contributed by atoms with Crippen LogP contribution in [0.4, 0.5) is 0 Å². The van der Waals surface area contributed by atoms with Crippen LogP contribution in [0, 0.1) is 0 Å². The summed E-state index contributed by atoms with van der Waals surface area (Å²) in [4.78, 5) is 14.8. The summed E-state index contributed by atoms with van der Waals surface area (Å²) < 4.78 is 0. The first kappa shape index (κ1) is 15.1. The Hall–Kier alpha value is -2.00. The van der Waals surface area contributed by atoms with Crippen LogP contribution in [0.1, 0.15) is 37.7 Å². The number of rotatable bonds is 8. The van der Waals surface area contributed by atoms with Gasteiger partial charge in [-0.3, -0.25) is 4.79 Å². The van der Waals surface area contributed by atoms with Crippen molar-refractivity contribution in [3.63, 3.8) is 0 Å². The monoisotopic (exact) mass is 260 g/mol. The van der Waals surface area contributed by atoms with Crippen molar-refractivity contribution in [1.82, 2.24) is 5.32 Å². The molecule has 1 amide bonds. The van der Waals surface area contributed by atoms with Gasteiger partial charge in [0.15, 0.2) is 0 Å². The Balaban J connectivity index is 2.36. The van der Waals surface area contributed by atoms with E-state index in [-0.39, 0.29) is 11.8 Å². The Bertz CT molecular complexity index is 426. The standard InChI is InChI=1S/C14H20N4O/c1-2-13(12-8-4-3-5-9-12)14(19)16-10-6-7-11-17-18-15/h3-5,8-9,13H,2,6-7,10-11H2,1H3,(H,16,19). The molecule has 1 rings (SSSR count). The van der Waals surface area contributed by atoms with Crippen molar-refractivity contribution >= 4 is 5.91 Å². The van der Waals surface area contributed by atoms with Crippen LogP contribution < -0.4 is 5.32 Å². The third-order valence-corrected chi connectivity index (χ3v) is 2.97. The Labute approximate surface area is 113 Å². The van der Waals surface area contributed by atoms with E-state index in [1.165, 1.54) is 0 Å². The summed E-state index contributed by atoms with van der Waals surface area (Å²) in [6, 6.07) is 9.81. The van der Waals surface area contributed by atoms with E-state index in [4.69, 9.17) is 5.53 Å². The number of nitrogens with zero attached hydrogens (tertiary/aromatic N) is 3. The zero-order valence-corrected chi connectivity index (χ0v) is 11.2. The van der Waals surface area contributed by atoms with Crippen molar-refractivity contribution in [2.75, 3.05) is 13.1 Å². The van der Waals surface area contributed by atoms with Gasteiger partial charge in [-0.05, 0) is 30.4 Å². The second-order valence-corrected chi connectivity index (χ2v) is 4.32. The number of azide groups is 1. The average Bonchev–Trinajstić information content (AvgIpc) is 2.45. The molecular weight excluding hydrogens is 240 g/mol. The maximum absolute atomic E-state index is 12.1. The summed E-state index contributed by atoms with van der Waals surface area (Å²) in [6.45, 7) is 3.13. The maximum atomic E-state index is 12.1. The Morgan fingerprint density at radius 2 is 2.11 bits per heavy atom. The minimum atomic E-state index is -0.0849. The van der Waals surface area contributed by atoms with Gasteiger partial charge in [-0.1, -0.05) is 42.4 Å². The number of carbonyl (C=O) groups excluding carboxylic acids is 1. The highest BCUT2D eigenvalue weighted by atomic mass is 16.1. The minimum absolute atomic E-state index is 0.0671. The van der Waals surface area contributed by atoms with Gasteiger partial charge in [0.2, 0.25) is 5.91 Å². The molecule has 1 unspecified atom stereocenters. The van der Waals surface area contributed by atoms with E-state index < -0.39 is 0 Å². The molecule has 1 aromatic carbocycles. The van der Waals surface area contributed by atoms with Crippen molar-refractivity contribution in [1.29, 1.82) is 0 Å². The topological polar surface area (TPSA) is 77.9 Å². The molecule has 0 aliphatic heterocycles. The Morgan fingerprint density at radius 3 is 2.74 bits per heavy atom. The van der Waals surface area contributed by atoms with Crippen molar-refractivity contribution < 1.29 is 4.79 Å². The van der Waals surface area contributed by atoms with Crippen LogP contribution >= 0.6 is 0 Å². The molecule has 1 aromatic rings. The number of carbonyl (C=O) groups is 1.